The summed E-state index contributed by atoms with van der Waals surface area (Å²) < 4.78 is 0. The summed E-state index contributed by atoms with van der Waals surface area (Å²) in [7, 11) is 3.54. The molecule has 0 saturated carbocycles. The molecule has 17 heavy (non-hydrogen) atoms. The van der Waals surface area contributed by atoms with Crippen LogP contribution in [0.3, 0.4) is 0 Å². The first-order valence-corrected chi connectivity index (χ1v) is 6.23. The zero-order chi connectivity index (χ0) is 12.4. The highest BCUT2D eigenvalue weighted by Crippen LogP contribution is 2.28. The fraction of sp³-hybridized carbons (Fsp3) is 0.462. The molecule has 0 radical (unpaired) electrons. The molecular weight excluding hydrogens is 236 g/mol. The molecule has 1 aliphatic heterocycles. The average Bonchev–Trinajstić information content (AvgIpc) is 2.81. The minimum Gasteiger partial charge on any atom is -0.371 e. The molecular formula is C13H17ClN2O. The van der Waals surface area contributed by atoms with Gasteiger partial charge in [-0.15, -0.1) is 0 Å². The molecule has 1 heterocycles. The number of carbonyl (C=O) groups is 1. The van der Waals surface area contributed by atoms with E-state index in [1.807, 2.05) is 12.1 Å². The fourth-order valence-corrected chi connectivity index (χ4v) is 2.31. The predicted molar refractivity (Wildman–Crippen MR) is 70.9 cm³/mol. The fourth-order valence-electron chi connectivity index (χ4n) is 2.15. The van der Waals surface area contributed by atoms with Crippen LogP contribution in [0.4, 0.5) is 5.69 Å². The molecule has 1 fully saturated rings. The number of halogens is 1. The highest BCUT2D eigenvalue weighted by molar-refractivity contribution is 6.31. The van der Waals surface area contributed by atoms with E-state index in [2.05, 4.69) is 4.90 Å². The first kappa shape index (κ1) is 12.2. The van der Waals surface area contributed by atoms with Crippen molar-refractivity contribution in [2.75, 3.05) is 32.1 Å². The lowest BCUT2D eigenvalue weighted by Crippen LogP contribution is -2.26. The van der Waals surface area contributed by atoms with Crippen LogP contribution < -0.4 is 4.90 Å². The van der Waals surface area contributed by atoms with Gasteiger partial charge in [0.25, 0.3) is 5.91 Å². The molecule has 2 rings (SSSR count). The van der Waals surface area contributed by atoms with Crippen molar-refractivity contribution >= 4 is 23.2 Å². The second kappa shape index (κ2) is 4.96. The summed E-state index contributed by atoms with van der Waals surface area (Å²) in [6.45, 7) is 2.02. The van der Waals surface area contributed by atoms with Gasteiger partial charge in [-0.2, -0.15) is 0 Å². The molecule has 0 atom stereocenters. The number of hydrogen-bond donors (Lipinski definition) is 0. The highest BCUT2D eigenvalue weighted by atomic mass is 35.5. The second-order valence-electron chi connectivity index (χ2n) is 4.56. The van der Waals surface area contributed by atoms with Gasteiger partial charge in [0.15, 0.2) is 0 Å². The summed E-state index contributed by atoms with van der Waals surface area (Å²) in [5.41, 5.74) is 1.70. The van der Waals surface area contributed by atoms with Crippen molar-refractivity contribution in [3.63, 3.8) is 0 Å². The number of carbonyl (C=O) groups excluding carboxylic acids is 1. The summed E-state index contributed by atoms with van der Waals surface area (Å²) >= 11 is 6.03. The molecule has 3 nitrogen and oxygen atoms in total. The molecule has 1 saturated heterocycles. The molecule has 92 valence electrons. The summed E-state index contributed by atoms with van der Waals surface area (Å²) in [6.07, 6.45) is 2.37. The maximum Gasteiger partial charge on any atom is 0.255 e. The Hall–Kier alpha value is -1.22. The molecule has 1 aromatic rings. The van der Waals surface area contributed by atoms with Crippen LogP contribution in [0.2, 0.25) is 5.02 Å². The van der Waals surface area contributed by atoms with Crippen molar-refractivity contribution < 1.29 is 4.79 Å². The van der Waals surface area contributed by atoms with E-state index in [0.29, 0.717) is 5.02 Å². The Balaban J connectivity index is 2.40. The van der Waals surface area contributed by atoms with E-state index in [1.54, 1.807) is 25.1 Å². The second-order valence-corrected chi connectivity index (χ2v) is 4.99. The predicted octanol–water partition coefficient (Wildman–Crippen LogP) is 2.64. The van der Waals surface area contributed by atoms with Gasteiger partial charge in [0.05, 0.1) is 11.3 Å². The molecule has 0 spiro atoms. The summed E-state index contributed by atoms with van der Waals surface area (Å²) in [5.74, 6) is 0.0311. The molecule has 1 aromatic carbocycles. The standard InChI is InChI=1S/C13H17ClN2O/c1-15(2)13(17)11-6-5-10(14)9-12(11)16-7-3-4-8-16/h5-6,9H,3-4,7-8H2,1-2H3. The summed E-state index contributed by atoms with van der Waals surface area (Å²) in [4.78, 5) is 15.9. The van der Waals surface area contributed by atoms with E-state index in [1.165, 1.54) is 12.8 Å². The third kappa shape index (κ3) is 2.55. The van der Waals surface area contributed by atoms with Gasteiger partial charge in [-0.25, -0.2) is 0 Å². The SMILES string of the molecule is CN(C)C(=O)c1ccc(Cl)cc1N1CCCC1. The number of rotatable bonds is 2. The molecule has 0 N–H and O–H groups in total. The Morgan fingerprint density at radius 3 is 2.53 bits per heavy atom. The van der Waals surface area contributed by atoms with Crippen LogP contribution in [-0.4, -0.2) is 38.0 Å². The third-order valence-electron chi connectivity index (χ3n) is 3.04. The van der Waals surface area contributed by atoms with Crippen molar-refractivity contribution in [3.8, 4) is 0 Å². The van der Waals surface area contributed by atoms with Gasteiger partial charge in [0.2, 0.25) is 0 Å². The van der Waals surface area contributed by atoms with E-state index in [0.717, 1.165) is 24.3 Å². The largest absolute Gasteiger partial charge is 0.371 e. The summed E-state index contributed by atoms with van der Waals surface area (Å²) in [5, 5.41) is 0.683. The first-order valence-electron chi connectivity index (χ1n) is 5.86. The van der Waals surface area contributed by atoms with E-state index >= 15 is 0 Å². The zero-order valence-electron chi connectivity index (χ0n) is 10.2. The van der Waals surface area contributed by atoms with Crippen LogP contribution in [0.15, 0.2) is 18.2 Å². The lowest BCUT2D eigenvalue weighted by Gasteiger charge is -2.22. The van der Waals surface area contributed by atoms with Crippen molar-refractivity contribution in [2.24, 2.45) is 0 Å². The monoisotopic (exact) mass is 252 g/mol. The Kier molecular flexibility index (Phi) is 3.57. The van der Waals surface area contributed by atoms with Crippen molar-refractivity contribution in [1.82, 2.24) is 4.90 Å². The number of benzene rings is 1. The van der Waals surface area contributed by atoms with Crippen LogP contribution in [0.25, 0.3) is 0 Å². The number of hydrogen-bond acceptors (Lipinski definition) is 2. The molecule has 0 aliphatic carbocycles. The molecule has 0 aromatic heterocycles. The van der Waals surface area contributed by atoms with Crippen LogP contribution in [0.1, 0.15) is 23.2 Å². The average molecular weight is 253 g/mol. The maximum atomic E-state index is 12.1. The quantitative estimate of drug-likeness (QED) is 0.808. The highest BCUT2D eigenvalue weighted by Gasteiger charge is 2.20. The van der Waals surface area contributed by atoms with Crippen LogP contribution in [-0.2, 0) is 0 Å². The molecule has 1 aliphatic rings. The van der Waals surface area contributed by atoms with Crippen molar-refractivity contribution in [1.29, 1.82) is 0 Å². The first-order chi connectivity index (χ1) is 8.09. The van der Waals surface area contributed by atoms with Gasteiger partial charge in [-0.3, -0.25) is 4.79 Å². The van der Waals surface area contributed by atoms with Gasteiger partial charge in [-0.1, -0.05) is 11.6 Å². The van der Waals surface area contributed by atoms with Crippen molar-refractivity contribution in [2.45, 2.75) is 12.8 Å². The molecule has 4 heteroatoms. The number of anilines is 1. The maximum absolute atomic E-state index is 12.1. The van der Waals surface area contributed by atoms with Gasteiger partial charge >= 0.3 is 0 Å². The molecule has 0 bridgehead atoms. The lowest BCUT2D eigenvalue weighted by molar-refractivity contribution is 0.0828. The van der Waals surface area contributed by atoms with E-state index < -0.39 is 0 Å². The van der Waals surface area contributed by atoms with Crippen LogP contribution in [0, 0.1) is 0 Å². The minimum absolute atomic E-state index is 0.0311. The Morgan fingerprint density at radius 2 is 1.94 bits per heavy atom. The zero-order valence-corrected chi connectivity index (χ0v) is 11.0. The Labute approximate surface area is 107 Å². The number of amides is 1. The Bertz CT molecular complexity index is 425. The smallest absolute Gasteiger partial charge is 0.255 e. The Morgan fingerprint density at radius 1 is 1.29 bits per heavy atom. The van der Waals surface area contributed by atoms with Crippen molar-refractivity contribution in [3.05, 3.63) is 28.8 Å². The van der Waals surface area contributed by atoms with Crippen LogP contribution in [0.5, 0.6) is 0 Å². The van der Waals surface area contributed by atoms with Gasteiger partial charge < -0.3 is 9.80 Å². The van der Waals surface area contributed by atoms with Gasteiger partial charge in [0, 0.05) is 32.2 Å². The normalized spacial score (nSPS) is 15.1. The third-order valence-corrected chi connectivity index (χ3v) is 3.28. The number of nitrogens with zero attached hydrogens (tertiary/aromatic N) is 2. The molecule has 0 unspecified atom stereocenters. The molecule has 1 amide bonds. The van der Waals surface area contributed by atoms with E-state index in [9.17, 15) is 4.79 Å². The summed E-state index contributed by atoms with van der Waals surface area (Å²) in [6, 6.07) is 5.49. The minimum atomic E-state index is 0.0311. The van der Waals surface area contributed by atoms with Crippen LogP contribution >= 0.6 is 11.6 Å². The van der Waals surface area contributed by atoms with E-state index in [4.69, 9.17) is 11.6 Å². The van der Waals surface area contributed by atoms with Gasteiger partial charge in [0.1, 0.15) is 0 Å². The lowest BCUT2D eigenvalue weighted by atomic mass is 10.1. The topological polar surface area (TPSA) is 23.6 Å². The van der Waals surface area contributed by atoms with Gasteiger partial charge in [-0.05, 0) is 31.0 Å². The van der Waals surface area contributed by atoms with E-state index in [-0.39, 0.29) is 5.91 Å².